The van der Waals surface area contributed by atoms with Crippen LogP contribution in [0.5, 0.6) is 5.75 Å². The van der Waals surface area contributed by atoms with Crippen LogP contribution in [0.1, 0.15) is 36.3 Å². The van der Waals surface area contributed by atoms with Crippen LogP contribution >= 0.6 is 12.4 Å². The van der Waals surface area contributed by atoms with E-state index in [1.165, 1.54) is 11.1 Å². The Morgan fingerprint density at radius 1 is 1.30 bits per heavy atom. The van der Waals surface area contributed by atoms with Crippen LogP contribution in [0.25, 0.3) is 0 Å². The van der Waals surface area contributed by atoms with Gasteiger partial charge in [0.1, 0.15) is 17.6 Å². The van der Waals surface area contributed by atoms with E-state index in [1.807, 2.05) is 12.1 Å². The fraction of sp³-hybridized carbons (Fsp3) is 0.375. The highest BCUT2D eigenvalue weighted by Gasteiger charge is 2.24. The Hall–Kier alpha value is -1.45. The molecule has 1 atom stereocenters. The van der Waals surface area contributed by atoms with Crippen LogP contribution in [0.4, 0.5) is 0 Å². The quantitative estimate of drug-likeness (QED) is 0.929. The summed E-state index contributed by atoms with van der Waals surface area (Å²) in [7, 11) is 0. The standard InChI is InChI=1S/C16H19NO2.ClH/c1-2-5-12-6-3-4-7-14(12)19-16-11-17-10-15-13(16)8-9-18-15;/h3-4,6-9,16-17H,2,5,10-11H2,1H3;1H. The summed E-state index contributed by atoms with van der Waals surface area (Å²) in [6.45, 7) is 3.80. The van der Waals surface area contributed by atoms with E-state index in [9.17, 15) is 0 Å². The van der Waals surface area contributed by atoms with Crippen molar-refractivity contribution >= 4 is 12.4 Å². The number of hydrogen-bond acceptors (Lipinski definition) is 3. The Balaban J connectivity index is 0.00000147. The van der Waals surface area contributed by atoms with E-state index in [2.05, 4.69) is 30.4 Å². The third-order valence-corrected chi connectivity index (χ3v) is 3.50. The Labute approximate surface area is 125 Å². The van der Waals surface area contributed by atoms with Crippen molar-refractivity contribution in [3.63, 3.8) is 0 Å². The van der Waals surface area contributed by atoms with Crippen molar-refractivity contribution in [3.05, 3.63) is 53.5 Å². The summed E-state index contributed by atoms with van der Waals surface area (Å²) in [6, 6.07) is 10.3. The number of nitrogens with one attached hydrogen (secondary N) is 1. The summed E-state index contributed by atoms with van der Waals surface area (Å²) in [5.74, 6) is 1.98. The molecular weight excluding hydrogens is 274 g/mol. The monoisotopic (exact) mass is 293 g/mol. The van der Waals surface area contributed by atoms with E-state index in [1.54, 1.807) is 6.26 Å². The lowest BCUT2D eigenvalue weighted by Crippen LogP contribution is -2.30. The lowest BCUT2D eigenvalue weighted by molar-refractivity contribution is 0.184. The minimum absolute atomic E-state index is 0. The van der Waals surface area contributed by atoms with Gasteiger partial charge in [0, 0.05) is 12.1 Å². The smallest absolute Gasteiger partial charge is 0.140 e. The van der Waals surface area contributed by atoms with E-state index in [4.69, 9.17) is 9.15 Å². The zero-order valence-corrected chi connectivity index (χ0v) is 12.4. The van der Waals surface area contributed by atoms with Gasteiger partial charge in [-0.25, -0.2) is 0 Å². The third kappa shape index (κ3) is 3.00. The molecule has 0 saturated carbocycles. The predicted octanol–water partition coefficient (Wildman–Crippen LogP) is 3.88. The molecule has 0 radical (unpaired) electrons. The van der Waals surface area contributed by atoms with Gasteiger partial charge in [0.25, 0.3) is 0 Å². The number of furan rings is 1. The lowest BCUT2D eigenvalue weighted by Gasteiger charge is -2.24. The predicted molar refractivity (Wildman–Crippen MR) is 81.5 cm³/mol. The number of rotatable bonds is 4. The highest BCUT2D eigenvalue weighted by Crippen LogP contribution is 2.30. The van der Waals surface area contributed by atoms with Crippen LogP contribution in [-0.2, 0) is 13.0 Å². The summed E-state index contributed by atoms with van der Waals surface area (Å²) < 4.78 is 11.7. The Morgan fingerprint density at radius 2 is 2.15 bits per heavy atom. The van der Waals surface area contributed by atoms with Crippen molar-refractivity contribution < 1.29 is 9.15 Å². The molecule has 4 heteroatoms. The molecule has 1 aliphatic rings. The van der Waals surface area contributed by atoms with Gasteiger partial charge in [-0.3, -0.25) is 0 Å². The number of para-hydroxylation sites is 1. The minimum atomic E-state index is 0. The van der Waals surface area contributed by atoms with E-state index >= 15 is 0 Å². The van der Waals surface area contributed by atoms with Gasteiger partial charge in [-0.15, -0.1) is 12.4 Å². The molecule has 108 valence electrons. The van der Waals surface area contributed by atoms with Crippen molar-refractivity contribution in [3.8, 4) is 5.75 Å². The zero-order valence-electron chi connectivity index (χ0n) is 11.6. The normalized spacial score (nSPS) is 17.1. The first-order valence-electron chi connectivity index (χ1n) is 6.90. The number of fused-ring (bicyclic) bond motifs is 1. The highest BCUT2D eigenvalue weighted by atomic mass is 35.5. The first-order chi connectivity index (χ1) is 9.38. The van der Waals surface area contributed by atoms with Crippen LogP contribution in [0.2, 0.25) is 0 Å². The fourth-order valence-corrected chi connectivity index (χ4v) is 2.56. The molecule has 1 unspecified atom stereocenters. The average Bonchev–Trinajstić information content (AvgIpc) is 2.91. The lowest BCUT2D eigenvalue weighted by atomic mass is 10.1. The second-order valence-corrected chi connectivity index (χ2v) is 4.89. The van der Waals surface area contributed by atoms with Crippen molar-refractivity contribution in [2.45, 2.75) is 32.4 Å². The van der Waals surface area contributed by atoms with Crippen molar-refractivity contribution in [2.24, 2.45) is 0 Å². The van der Waals surface area contributed by atoms with Gasteiger partial charge in [0.2, 0.25) is 0 Å². The molecule has 0 amide bonds. The summed E-state index contributed by atoms with van der Waals surface area (Å²) in [5.41, 5.74) is 2.45. The Kier molecular flexibility index (Phi) is 5.10. The van der Waals surface area contributed by atoms with Crippen LogP contribution in [-0.4, -0.2) is 6.54 Å². The van der Waals surface area contributed by atoms with Gasteiger partial charge in [-0.2, -0.15) is 0 Å². The molecule has 0 bridgehead atoms. The van der Waals surface area contributed by atoms with Crippen LogP contribution in [0.3, 0.4) is 0 Å². The molecule has 3 rings (SSSR count). The molecule has 1 N–H and O–H groups in total. The Morgan fingerprint density at radius 3 is 3.00 bits per heavy atom. The average molecular weight is 294 g/mol. The molecule has 0 saturated heterocycles. The number of benzene rings is 1. The van der Waals surface area contributed by atoms with Crippen LogP contribution in [0.15, 0.2) is 41.0 Å². The summed E-state index contributed by atoms with van der Waals surface area (Å²) in [6.07, 6.45) is 3.96. The van der Waals surface area contributed by atoms with E-state index in [-0.39, 0.29) is 18.5 Å². The molecular formula is C16H20ClNO2. The molecule has 0 spiro atoms. The molecule has 3 nitrogen and oxygen atoms in total. The van der Waals surface area contributed by atoms with E-state index in [0.717, 1.165) is 37.4 Å². The van der Waals surface area contributed by atoms with Gasteiger partial charge in [-0.1, -0.05) is 31.5 Å². The molecule has 2 heterocycles. The van der Waals surface area contributed by atoms with Crippen LogP contribution < -0.4 is 10.1 Å². The highest BCUT2D eigenvalue weighted by molar-refractivity contribution is 5.85. The second-order valence-electron chi connectivity index (χ2n) is 4.89. The number of aryl methyl sites for hydroxylation is 1. The molecule has 1 aromatic heterocycles. The van der Waals surface area contributed by atoms with Crippen molar-refractivity contribution in [1.29, 1.82) is 0 Å². The zero-order chi connectivity index (χ0) is 13.1. The van der Waals surface area contributed by atoms with Crippen molar-refractivity contribution in [1.82, 2.24) is 5.32 Å². The maximum absolute atomic E-state index is 6.20. The molecule has 2 aromatic rings. The second kappa shape index (κ2) is 6.82. The van der Waals surface area contributed by atoms with E-state index < -0.39 is 0 Å². The van der Waals surface area contributed by atoms with Gasteiger partial charge in [0.15, 0.2) is 0 Å². The van der Waals surface area contributed by atoms with Gasteiger partial charge >= 0.3 is 0 Å². The summed E-state index contributed by atoms with van der Waals surface area (Å²) in [4.78, 5) is 0. The summed E-state index contributed by atoms with van der Waals surface area (Å²) in [5, 5.41) is 3.33. The van der Waals surface area contributed by atoms with Crippen molar-refractivity contribution in [2.75, 3.05) is 6.54 Å². The number of ether oxygens (including phenoxy) is 1. The largest absolute Gasteiger partial charge is 0.484 e. The van der Waals surface area contributed by atoms with Crippen LogP contribution in [0, 0.1) is 0 Å². The maximum atomic E-state index is 6.20. The van der Waals surface area contributed by atoms with Gasteiger partial charge in [0.05, 0.1) is 12.8 Å². The number of hydrogen-bond donors (Lipinski definition) is 1. The van der Waals surface area contributed by atoms with Gasteiger partial charge < -0.3 is 14.5 Å². The van der Waals surface area contributed by atoms with Gasteiger partial charge in [-0.05, 0) is 24.1 Å². The topological polar surface area (TPSA) is 34.4 Å². The minimum Gasteiger partial charge on any atom is -0.484 e. The Bertz CT molecular complexity index is 553. The molecule has 1 aromatic carbocycles. The first-order valence-corrected chi connectivity index (χ1v) is 6.90. The SMILES string of the molecule is CCCc1ccccc1OC1CNCc2occc21.Cl. The summed E-state index contributed by atoms with van der Waals surface area (Å²) >= 11 is 0. The maximum Gasteiger partial charge on any atom is 0.140 e. The fourth-order valence-electron chi connectivity index (χ4n) is 2.56. The van der Waals surface area contributed by atoms with E-state index in [0.29, 0.717) is 0 Å². The molecule has 0 fully saturated rings. The number of halogens is 1. The molecule has 20 heavy (non-hydrogen) atoms. The molecule has 0 aliphatic carbocycles. The molecule has 1 aliphatic heterocycles. The third-order valence-electron chi connectivity index (χ3n) is 3.50. The first kappa shape index (κ1) is 14.9.